The molecule has 0 bridgehead atoms. The number of rotatable bonds is 3. The van der Waals surface area contributed by atoms with Crippen molar-refractivity contribution < 1.29 is 10.2 Å². The van der Waals surface area contributed by atoms with Crippen LogP contribution in [0.1, 0.15) is 6.92 Å². The Labute approximate surface area is 47.9 Å². The van der Waals surface area contributed by atoms with Crippen LogP contribution in [-0.4, -0.2) is 13.2 Å². The quantitative estimate of drug-likeness (QED) is 0.291. The molecule has 2 atom stereocenters. The van der Waals surface area contributed by atoms with Gasteiger partial charge in [0.1, 0.15) is 0 Å². The zero-order chi connectivity index (χ0) is 6.57. The number of hydrogen-bond acceptors (Lipinski definition) is 4. The first-order valence-electron chi connectivity index (χ1n) is 2.31. The maximum atomic E-state index is 10.3. The molecule has 0 heterocycles. The molecule has 50 valence electrons. The maximum Gasteiger partial charge on any atom is 0.167 e. The van der Waals surface area contributed by atoms with E-state index in [2.05, 4.69) is 10.4 Å². The van der Waals surface area contributed by atoms with E-state index >= 15 is 0 Å². The van der Waals surface area contributed by atoms with Gasteiger partial charge in [-0.1, -0.05) is 0 Å². The second-order valence-corrected chi connectivity index (χ2v) is 1.41. The fourth-order valence-corrected chi connectivity index (χ4v) is 0.194. The molecule has 0 saturated carbocycles. The average molecular weight is 121 g/mol. The molecule has 0 amide bonds. The van der Waals surface area contributed by atoms with Gasteiger partial charge in [0, 0.05) is 14.0 Å². The van der Waals surface area contributed by atoms with E-state index < -0.39 is 11.4 Å². The molecule has 5 heteroatoms. The van der Waals surface area contributed by atoms with Gasteiger partial charge in [0.25, 0.3) is 0 Å². The third kappa shape index (κ3) is 2.89. The largest absolute Gasteiger partial charge is 0.597 e. The van der Waals surface area contributed by atoms with Gasteiger partial charge in [-0.3, -0.25) is 5.73 Å². The van der Waals surface area contributed by atoms with E-state index in [0.717, 1.165) is 0 Å². The van der Waals surface area contributed by atoms with Crippen molar-refractivity contribution >= 4 is 0 Å². The molecule has 5 nitrogen and oxygen atoms in total. The predicted molar refractivity (Wildman–Crippen MR) is 28.1 cm³/mol. The van der Waals surface area contributed by atoms with Crippen molar-refractivity contribution in [2.45, 2.75) is 13.1 Å². The maximum absolute atomic E-state index is 10.3. The minimum Gasteiger partial charge on any atom is -0.597 e. The summed E-state index contributed by atoms with van der Waals surface area (Å²) < 4.78 is 0. The van der Waals surface area contributed by atoms with Gasteiger partial charge in [-0.05, 0) is 0 Å². The smallest absolute Gasteiger partial charge is 0.167 e. The van der Waals surface area contributed by atoms with E-state index in [1.54, 1.807) is 6.92 Å². The Kier molecular flexibility index (Phi) is 3.67. The van der Waals surface area contributed by atoms with Gasteiger partial charge in [-0.25, -0.2) is 0 Å². The minimum absolute atomic E-state index is 0.451. The normalized spacial score (nSPS) is 18.0. The van der Waals surface area contributed by atoms with Gasteiger partial charge in [0.05, 0.1) is 0 Å². The Morgan fingerprint density at radius 1 is 1.88 bits per heavy atom. The number of nitrogens with two attached hydrogens (primary N) is 1. The molecule has 0 aromatic heterocycles. The summed E-state index contributed by atoms with van der Waals surface area (Å²) >= 11 is 0. The summed E-state index contributed by atoms with van der Waals surface area (Å²) in [5.41, 5.74) is 7.33. The zero-order valence-electron chi connectivity index (χ0n) is 4.97. The summed E-state index contributed by atoms with van der Waals surface area (Å²) in [5, 5.41) is 9.88. The van der Waals surface area contributed by atoms with Crippen LogP contribution in [0.25, 0.3) is 0 Å². The molecular weight excluding hydrogens is 110 g/mol. The van der Waals surface area contributed by atoms with Gasteiger partial charge >= 0.3 is 0 Å². The highest BCUT2D eigenvalue weighted by molar-refractivity contribution is 4.21. The van der Waals surface area contributed by atoms with Crippen LogP contribution in [0, 0.1) is 5.21 Å². The third-order valence-corrected chi connectivity index (χ3v) is 0.574. The van der Waals surface area contributed by atoms with Crippen LogP contribution in [0.15, 0.2) is 0 Å². The van der Waals surface area contributed by atoms with Gasteiger partial charge in [-0.2, -0.15) is 10.7 Å². The molecule has 0 aliphatic heterocycles. The molecule has 0 aromatic carbocycles. The topological polar surface area (TPSA) is 74.8 Å². The molecule has 8 heavy (non-hydrogen) atoms. The lowest BCUT2D eigenvalue weighted by molar-refractivity contribution is -1.08. The highest BCUT2D eigenvalue weighted by Gasteiger charge is 2.00. The Morgan fingerprint density at radius 3 is 2.50 bits per heavy atom. The summed E-state index contributed by atoms with van der Waals surface area (Å²) in [6, 6.07) is 0. The Morgan fingerprint density at radius 2 is 2.38 bits per heavy atom. The van der Waals surface area contributed by atoms with Crippen LogP contribution < -0.4 is 16.4 Å². The SMILES string of the molecule is CNO[NH+]([O-])C(C)N. The first-order valence-corrected chi connectivity index (χ1v) is 2.31. The number of nitrogens with one attached hydrogen (secondary N) is 2. The fourth-order valence-electron chi connectivity index (χ4n) is 0.194. The van der Waals surface area contributed by atoms with Gasteiger partial charge in [-0.15, -0.1) is 4.94 Å². The van der Waals surface area contributed by atoms with Crippen molar-refractivity contribution in [2.24, 2.45) is 5.73 Å². The Hall–Kier alpha value is -0.200. The van der Waals surface area contributed by atoms with Crippen molar-refractivity contribution in [3.8, 4) is 0 Å². The number of hydroxylamine groups is 3. The van der Waals surface area contributed by atoms with E-state index in [4.69, 9.17) is 5.73 Å². The van der Waals surface area contributed by atoms with E-state index in [9.17, 15) is 5.21 Å². The molecular formula is C3H11N3O2. The zero-order valence-corrected chi connectivity index (χ0v) is 4.97. The van der Waals surface area contributed by atoms with E-state index in [1.807, 2.05) is 0 Å². The second-order valence-electron chi connectivity index (χ2n) is 1.41. The number of quaternary nitrogens is 1. The molecule has 2 unspecified atom stereocenters. The summed E-state index contributed by atoms with van der Waals surface area (Å²) in [6.07, 6.45) is -0.553. The molecule has 0 saturated heterocycles. The van der Waals surface area contributed by atoms with Crippen LogP contribution in [0.4, 0.5) is 0 Å². The second kappa shape index (κ2) is 3.76. The molecule has 0 radical (unpaired) electrons. The highest BCUT2D eigenvalue weighted by Crippen LogP contribution is 1.51. The van der Waals surface area contributed by atoms with E-state index in [0.29, 0.717) is 0 Å². The number of hydrogen-bond donors (Lipinski definition) is 3. The summed E-state index contributed by atoms with van der Waals surface area (Å²) in [4.78, 5) is 4.29. The Balaban J connectivity index is 3.17. The van der Waals surface area contributed by atoms with Crippen molar-refractivity contribution in [1.82, 2.24) is 5.48 Å². The lowest BCUT2D eigenvalue weighted by atomic mass is 10.6. The van der Waals surface area contributed by atoms with Gasteiger partial charge in [0.15, 0.2) is 6.17 Å². The fraction of sp³-hybridized carbons (Fsp3) is 1.00. The van der Waals surface area contributed by atoms with Crippen molar-refractivity contribution in [1.29, 1.82) is 0 Å². The van der Waals surface area contributed by atoms with E-state index in [-0.39, 0.29) is 0 Å². The first kappa shape index (κ1) is 7.80. The predicted octanol–water partition coefficient (Wildman–Crippen LogP) is -2.26. The van der Waals surface area contributed by atoms with Crippen molar-refractivity contribution in [3.05, 3.63) is 5.21 Å². The molecule has 0 rings (SSSR count). The highest BCUT2D eigenvalue weighted by atomic mass is 17.0. The molecule has 4 N–H and O–H groups in total. The first-order chi connectivity index (χ1) is 3.68. The summed E-state index contributed by atoms with van der Waals surface area (Å²) in [7, 11) is 1.50. The molecule has 0 aliphatic carbocycles. The lowest BCUT2D eigenvalue weighted by Gasteiger charge is -2.20. The van der Waals surface area contributed by atoms with Crippen LogP contribution >= 0.6 is 0 Å². The van der Waals surface area contributed by atoms with Crippen LogP contribution in [-0.2, 0) is 4.94 Å². The van der Waals surface area contributed by atoms with Crippen molar-refractivity contribution in [3.63, 3.8) is 0 Å². The Bertz CT molecular complexity index is 58.5. The van der Waals surface area contributed by atoms with E-state index in [1.165, 1.54) is 7.05 Å². The summed E-state index contributed by atoms with van der Waals surface area (Å²) in [5.74, 6) is 0. The molecule has 0 aromatic rings. The lowest BCUT2D eigenvalue weighted by Crippen LogP contribution is -3.12. The molecule has 0 fully saturated rings. The standard InChI is InChI=1S/C3H11N3O2/c1-3(4)6(7)8-5-2/h3,5-6H,4H2,1-2H3. The molecule has 0 aliphatic rings. The van der Waals surface area contributed by atoms with Crippen LogP contribution in [0.5, 0.6) is 0 Å². The average Bonchev–Trinajstić information content (AvgIpc) is 1.67. The molecule has 0 spiro atoms. The minimum atomic E-state index is -0.553. The van der Waals surface area contributed by atoms with Crippen molar-refractivity contribution in [2.75, 3.05) is 7.05 Å². The summed E-state index contributed by atoms with van der Waals surface area (Å²) in [6.45, 7) is 1.56. The van der Waals surface area contributed by atoms with Gasteiger partial charge in [0.2, 0.25) is 0 Å². The van der Waals surface area contributed by atoms with Crippen LogP contribution in [0.2, 0.25) is 0 Å². The third-order valence-electron chi connectivity index (χ3n) is 0.574. The van der Waals surface area contributed by atoms with Crippen LogP contribution in [0.3, 0.4) is 0 Å². The monoisotopic (exact) mass is 121 g/mol. The van der Waals surface area contributed by atoms with Gasteiger partial charge < -0.3 is 5.21 Å².